The number of nitrogens with zero attached hydrogens (tertiary/aromatic N) is 2. The van der Waals surface area contributed by atoms with Crippen LogP contribution in [0.4, 0.5) is 0 Å². The lowest BCUT2D eigenvalue weighted by atomic mass is 9.83. The second kappa shape index (κ2) is 11.4. The summed E-state index contributed by atoms with van der Waals surface area (Å²) in [5.41, 5.74) is 1.60. The third-order valence-corrected chi connectivity index (χ3v) is 6.42. The fraction of sp³-hybridized carbons (Fsp3) is 0.560. The van der Waals surface area contributed by atoms with E-state index in [2.05, 4.69) is 16.7 Å². The van der Waals surface area contributed by atoms with Crippen LogP contribution in [0.3, 0.4) is 0 Å². The van der Waals surface area contributed by atoms with Crippen LogP contribution in [0.2, 0.25) is 0 Å². The summed E-state index contributed by atoms with van der Waals surface area (Å²) in [7, 11) is 0. The molecule has 1 aromatic heterocycles. The summed E-state index contributed by atoms with van der Waals surface area (Å²) in [6.07, 6.45) is 4.77. The third kappa shape index (κ3) is 5.83. The van der Waals surface area contributed by atoms with Crippen molar-refractivity contribution in [1.29, 1.82) is 5.26 Å². The molecule has 1 heterocycles. The van der Waals surface area contributed by atoms with Gasteiger partial charge < -0.3 is 15.2 Å². The molecule has 1 aliphatic carbocycles. The molecule has 2 N–H and O–H groups in total. The topological polar surface area (TPSA) is 86.9 Å². The molecule has 0 bridgehead atoms. The Morgan fingerprint density at radius 1 is 1.25 bits per heavy atom. The van der Waals surface area contributed by atoms with Crippen LogP contribution in [0, 0.1) is 23.2 Å². The Labute approximate surface area is 195 Å². The number of benzene rings is 1. The van der Waals surface area contributed by atoms with Gasteiger partial charge in [-0.25, -0.2) is 0 Å². The SMILES string of the molecule is CC(C)CC(C#N)NC(=O)C1CCCCC1NC(=O)c1cc2ccccc2n1CCCCl. The summed E-state index contributed by atoms with van der Waals surface area (Å²) in [5, 5.41) is 16.5. The number of nitrogens with one attached hydrogen (secondary N) is 2. The number of carbonyl (C=O) groups is 2. The van der Waals surface area contributed by atoms with Crippen LogP contribution in [0.1, 0.15) is 62.9 Å². The molecule has 172 valence electrons. The van der Waals surface area contributed by atoms with E-state index in [0.717, 1.165) is 36.6 Å². The van der Waals surface area contributed by atoms with Gasteiger partial charge in [0.25, 0.3) is 5.91 Å². The van der Waals surface area contributed by atoms with Gasteiger partial charge in [-0.05, 0) is 43.7 Å². The smallest absolute Gasteiger partial charge is 0.268 e. The second-order valence-electron chi connectivity index (χ2n) is 9.07. The molecule has 32 heavy (non-hydrogen) atoms. The third-order valence-electron chi connectivity index (χ3n) is 6.16. The van der Waals surface area contributed by atoms with Crippen molar-refractivity contribution in [3.05, 3.63) is 36.0 Å². The van der Waals surface area contributed by atoms with E-state index in [4.69, 9.17) is 11.6 Å². The number of aryl methyl sites for hydroxylation is 1. The Morgan fingerprint density at radius 3 is 2.72 bits per heavy atom. The molecule has 0 aliphatic heterocycles. The highest BCUT2D eigenvalue weighted by atomic mass is 35.5. The zero-order chi connectivity index (χ0) is 23.1. The van der Waals surface area contributed by atoms with E-state index in [1.165, 1.54) is 0 Å². The molecule has 0 saturated heterocycles. The Balaban J connectivity index is 1.77. The van der Waals surface area contributed by atoms with E-state index >= 15 is 0 Å². The van der Waals surface area contributed by atoms with Crippen molar-refractivity contribution in [2.45, 2.75) is 71.0 Å². The average molecular weight is 457 g/mol. The number of amides is 2. The maximum atomic E-state index is 13.3. The van der Waals surface area contributed by atoms with Gasteiger partial charge in [0.05, 0.1) is 12.0 Å². The summed E-state index contributed by atoms with van der Waals surface area (Å²) in [5.74, 6) is 0.215. The number of para-hydroxylation sites is 1. The van der Waals surface area contributed by atoms with E-state index in [0.29, 0.717) is 36.9 Å². The summed E-state index contributed by atoms with van der Waals surface area (Å²) in [6, 6.07) is 11.3. The van der Waals surface area contributed by atoms with E-state index in [9.17, 15) is 14.9 Å². The molecule has 1 aromatic carbocycles. The minimum absolute atomic E-state index is 0.134. The first-order valence-electron chi connectivity index (χ1n) is 11.6. The van der Waals surface area contributed by atoms with Gasteiger partial charge in [0.2, 0.25) is 5.91 Å². The van der Waals surface area contributed by atoms with Gasteiger partial charge in [-0.3, -0.25) is 9.59 Å². The number of rotatable bonds is 9. The number of alkyl halides is 1. The monoisotopic (exact) mass is 456 g/mol. The first-order valence-corrected chi connectivity index (χ1v) is 12.1. The number of fused-ring (bicyclic) bond motifs is 1. The standard InChI is InChI=1S/C25H33ClN4O2/c1-17(2)14-19(16-27)28-24(31)20-9-4-5-10-21(20)29-25(32)23-15-18-8-3-6-11-22(18)30(23)13-7-12-26/h3,6,8,11,15,17,19-21H,4-5,7,9-10,12-14H2,1-2H3,(H,28,31)(H,29,32). The molecule has 3 unspecified atom stereocenters. The first kappa shape index (κ1) is 24.1. The molecule has 1 fully saturated rings. The number of nitriles is 1. The van der Waals surface area contributed by atoms with Crippen molar-refractivity contribution >= 4 is 34.3 Å². The molecule has 0 radical (unpaired) electrons. The Bertz CT molecular complexity index is 978. The largest absolute Gasteiger partial charge is 0.347 e. The minimum atomic E-state index is -0.501. The predicted octanol–water partition coefficient (Wildman–Crippen LogP) is 4.61. The molecular formula is C25H33ClN4O2. The minimum Gasteiger partial charge on any atom is -0.347 e. The van der Waals surface area contributed by atoms with E-state index in [1.54, 1.807) is 0 Å². The molecule has 3 rings (SSSR count). The van der Waals surface area contributed by atoms with Crippen molar-refractivity contribution in [1.82, 2.24) is 15.2 Å². The van der Waals surface area contributed by atoms with Gasteiger partial charge in [0.1, 0.15) is 11.7 Å². The lowest BCUT2D eigenvalue weighted by Gasteiger charge is -2.32. The number of aromatic nitrogens is 1. The van der Waals surface area contributed by atoms with Gasteiger partial charge in [-0.2, -0.15) is 5.26 Å². The van der Waals surface area contributed by atoms with Crippen molar-refractivity contribution in [3.8, 4) is 6.07 Å². The maximum Gasteiger partial charge on any atom is 0.268 e. The first-order chi connectivity index (χ1) is 15.4. The fourth-order valence-electron chi connectivity index (χ4n) is 4.61. The summed E-state index contributed by atoms with van der Waals surface area (Å²) >= 11 is 5.91. The lowest BCUT2D eigenvalue weighted by molar-refractivity contribution is -0.127. The molecule has 2 amide bonds. The van der Waals surface area contributed by atoms with Crippen molar-refractivity contribution in [2.75, 3.05) is 5.88 Å². The van der Waals surface area contributed by atoms with E-state index in [1.807, 2.05) is 48.7 Å². The predicted molar refractivity (Wildman–Crippen MR) is 127 cm³/mol. The van der Waals surface area contributed by atoms with Crippen molar-refractivity contribution in [2.24, 2.45) is 11.8 Å². The molecule has 6 nitrogen and oxygen atoms in total. The van der Waals surface area contributed by atoms with Crippen molar-refractivity contribution < 1.29 is 9.59 Å². The molecule has 1 saturated carbocycles. The van der Waals surface area contributed by atoms with Crippen LogP contribution in [0.5, 0.6) is 0 Å². The highest BCUT2D eigenvalue weighted by molar-refractivity contribution is 6.17. The van der Waals surface area contributed by atoms with Crippen LogP contribution < -0.4 is 10.6 Å². The number of hydrogen-bond donors (Lipinski definition) is 2. The lowest BCUT2D eigenvalue weighted by Crippen LogP contribution is -2.50. The maximum absolute atomic E-state index is 13.3. The van der Waals surface area contributed by atoms with Gasteiger partial charge in [-0.15, -0.1) is 11.6 Å². The van der Waals surface area contributed by atoms with Gasteiger partial charge in [0, 0.05) is 29.4 Å². The second-order valence-corrected chi connectivity index (χ2v) is 9.45. The number of hydrogen-bond acceptors (Lipinski definition) is 3. The molecule has 1 aliphatic rings. The fourth-order valence-corrected chi connectivity index (χ4v) is 4.73. The Kier molecular flexibility index (Phi) is 8.58. The van der Waals surface area contributed by atoms with E-state index < -0.39 is 6.04 Å². The Hall–Kier alpha value is -2.52. The van der Waals surface area contributed by atoms with Crippen LogP contribution in [-0.4, -0.2) is 34.3 Å². The van der Waals surface area contributed by atoms with Crippen LogP contribution in [0.15, 0.2) is 30.3 Å². The van der Waals surface area contributed by atoms with Gasteiger partial charge in [0.15, 0.2) is 0 Å². The summed E-state index contributed by atoms with van der Waals surface area (Å²) in [6.45, 7) is 4.72. The molecule has 3 atom stereocenters. The van der Waals surface area contributed by atoms with Gasteiger partial charge >= 0.3 is 0 Å². The van der Waals surface area contributed by atoms with Crippen LogP contribution in [0.25, 0.3) is 10.9 Å². The molecular weight excluding hydrogens is 424 g/mol. The van der Waals surface area contributed by atoms with Gasteiger partial charge in [-0.1, -0.05) is 44.9 Å². The van der Waals surface area contributed by atoms with Crippen LogP contribution >= 0.6 is 11.6 Å². The average Bonchev–Trinajstić information content (AvgIpc) is 3.15. The highest BCUT2D eigenvalue weighted by Gasteiger charge is 2.33. The molecule has 7 heteroatoms. The highest BCUT2D eigenvalue weighted by Crippen LogP contribution is 2.26. The zero-order valence-corrected chi connectivity index (χ0v) is 19.7. The molecule has 0 spiro atoms. The van der Waals surface area contributed by atoms with E-state index in [-0.39, 0.29) is 23.8 Å². The Morgan fingerprint density at radius 2 is 2.00 bits per heavy atom. The normalized spacial score (nSPS) is 19.5. The van der Waals surface area contributed by atoms with Crippen molar-refractivity contribution in [3.63, 3.8) is 0 Å². The number of carbonyl (C=O) groups excluding carboxylic acids is 2. The zero-order valence-electron chi connectivity index (χ0n) is 18.9. The number of halogens is 1. The van der Waals surface area contributed by atoms with Crippen LogP contribution in [-0.2, 0) is 11.3 Å². The quantitative estimate of drug-likeness (QED) is 0.540. The summed E-state index contributed by atoms with van der Waals surface area (Å²) < 4.78 is 2.01. The summed E-state index contributed by atoms with van der Waals surface area (Å²) in [4.78, 5) is 26.3. The molecule has 2 aromatic rings.